The van der Waals surface area contributed by atoms with Gasteiger partial charge in [0.2, 0.25) is 0 Å². The third-order valence-electron chi connectivity index (χ3n) is 2.18. The van der Waals surface area contributed by atoms with Gasteiger partial charge in [-0.25, -0.2) is 4.39 Å². The summed E-state index contributed by atoms with van der Waals surface area (Å²) < 4.78 is 13.6. The highest BCUT2D eigenvalue weighted by Gasteiger charge is 2.20. The third kappa shape index (κ3) is 3.03. The molecule has 1 aliphatic rings. The second-order valence-corrected chi connectivity index (χ2v) is 5.14. The lowest BCUT2D eigenvalue weighted by atomic mass is 10.1. The normalized spacial score (nSPS) is 20.0. The molecule has 0 aliphatic carbocycles. The zero-order valence-corrected chi connectivity index (χ0v) is 11.1. The van der Waals surface area contributed by atoms with Crippen LogP contribution in [0, 0.1) is 5.82 Å². The maximum Gasteiger partial charge on any atom is 0.123 e. The average Bonchev–Trinajstić information content (AvgIpc) is 2.23. The molecule has 1 unspecified atom stereocenters. The van der Waals surface area contributed by atoms with E-state index in [9.17, 15) is 4.39 Å². The van der Waals surface area contributed by atoms with Crippen molar-refractivity contribution >= 4 is 46.3 Å². The van der Waals surface area contributed by atoms with Gasteiger partial charge in [-0.2, -0.15) is 0 Å². The minimum Gasteiger partial charge on any atom is -0.279 e. The molecule has 86 valence electrons. The van der Waals surface area contributed by atoms with E-state index < -0.39 is 0 Å². The standard InChI is InChI=1S/C11H10FNS2.ClH/c1-7-6-15-11(14)10(13-7)8-2-4-9(12)5-3-8;/h2-5,10H,6H2,1H3;1H. The number of thioether (sulfide) groups is 1. The molecule has 0 fully saturated rings. The van der Waals surface area contributed by atoms with Gasteiger partial charge in [-0.15, -0.1) is 24.2 Å². The molecular formula is C11H11ClFNS2. The van der Waals surface area contributed by atoms with Crippen LogP contribution in [0.2, 0.25) is 0 Å². The smallest absolute Gasteiger partial charge is 0.123 e. The van der Waals surface area contributed by atoms with Gasteiger partial charge in [0.05, 0.1) is 4.20 Å². The van der Waals surface area contributed by atoms with E-state index in [4.69, 9.17) is 12.2 Å². The molecule has 1 atom stereocenters. The lowest BCUT2D eigenvalue weighted by Crippen LogP contribution is -2.15. The molecule has 1 aromatic rings. The number of hydrogen-bond donors (Lipinski definition) is 0. The Morgan fingerprint density at radius 1 is 1.38 bits per heavy atom. The molecule has 5 heteroatoms. The predicted octanol–water partition coefficient (Wildman–Crippen LogP) is 3.82. The van der Waals surface area contributed by atoms with Crippen LogP contribution in [-0.4, -0.2) is 15.7 Å². The largest absolute Gasteiger partial charge is 0.279 e. The van der Waals surface area contributed by atoms with Crippen LogP contribution in [-0.2, 0) is 0 Å². The molecule has 0 amide bonds. The molecule has 1 aliphatic heterocycles. The SMILES string of the molecule is CC1=NC(c2ccc(F)cc2)C(=S)SC1.Cl. The fourth-order valence-electron chi connectivity index (χ4n) is 1.42. The fraction of sp³-hybridized carbons (Fsp3) is 0.273. The Labute approximate surface area is 110 Å². The van der Waals surface area contributed by atoms with Gasteiger partial charge < -0.3 is 0 Å². The number of benzene rings is 1. The van der Waals surface area contributed by atoms with Crippen molar-refractivity contribution in [1.82, 2.24) is 0 Å². The van der Waals surface area contributed by atoms with Crippen molar-refractivity contribution < 1.29 is 4.39 Å². The van der Waals surface area contributed by atoms with E-state index in [1.165, 1.54) is 12.1 Å². The van der Waals surface area contributed by atoms with Crippen LogP contribution in [0.1, 0.15) is 18.5 Å². The first-order valence-corrected chi connectivity index (χ1v) is 6.01. The summed E-state index contributed by atoms with van der Waals surface area (Å²) in [5.41, 5.74) is 2.05. The minimum absolute atomic E-state index is 0. The molecule has 16 heavy (non-hydrogen) atoms. The second-order valence-electron chi connectivity index (χ2n) is 3.43. The second kappa shape index (κ2) is 5.75. The van der Waals surface area contributed by atoms with Gasteiger partial charge >= 0.3 is 0 Å². The molecule has 0 radical (unpaired) electrons. The highest BCUT2D eigenvalue weighted by molar-refractivity contribution is 8.23. The summed E-state index contributed by atoms with van der Waals surface area (Å²) in [6.45, 7) is 1.99. The summed E-state index contributed by atoms with van der Waals surface area (Å²) in [5.74, 6) is 0.644. The molecule has 0 saturated carbocycles. The zero-order chi connectivity index (χ0) is 10.8. The molecular weight excluding hydrogens is 265 g/mol. The van der Waals surface area contributed by atoms with Gasteiger partial charge in [-0.1, -0.05) is 24.4 Å². The monoisotopic (exact) mass is 275 g/mol. The van der Waals surface area contributed by atoms with E-state index in [1.807, 2.05) is 6.92 Å². The Morgan fingerprint density at radius 2 is 2.00 bits per heavy atom. The Morgan fingerprint density at radius 3 is 2.62 bits per heavy atom. The molecule has 0 aromatic heterocycles. The first kappa shape index (κ1) is 13.6. The van der Waals surface area contributed by atoms with E-state index >= 15 is 0 Å². The highest BCUT2D eigenvalue weighted by Crippen LogP contribution is 2.29. The number of thiocarbonyl (C=S) groups is 1. The lowest BCUT2D eigenvalue weighted by molar-refractivity contribution is 0.627. The van der Waals surface area contributed by atoms with Crippen LogP contribution in [0.3, 0.4) is 0 Å². The molecule has 0 bridgehead atoms. The number of nitrogens with zero attached hydrogens (tertiary/aromatic N) is 1. The third-order valence-corrected chi connectivity index (χ3v) is 3.83. The molecule has 1 heterocycles. The summed E-state index contributed by atoms with van der Waals surface area (Å²) in [5, 5.41) is 0. The quantitative estimate of drug-likeness (QED) is 0.723. The van der Waals surface area contributed by atoms with Crippen LogP contribution in [0.4, 0.5) is 4.39 Å². The molecule has 1 nitrogen and oxygen atoms in total. The minimum atomic E-state index is -0.228. The summed E-state index contributed by atoms with van der Waals surface area (Å²) >= 11 is 6.90. The maximum atomic E-state index is 12.8. The topological polar surface area (TPSA) is 12.4 Å². The molecule has 0 saturated heterocycles. The van der Waals surface area contributed by atoms with Crippen LogP contribution in [0.25, 0.3) is 0 Å². The summed E-state index contributed by atoms with van der Waals surface area (Å²) in [7, 11) is 0. The Balaban J connectivity index is 0.00000128. The fourth-order valence-corrected chi connectivity index (χ4v) is 2.56. The lowest BCUT2D eigenvalue weighted by Gasteiger charge is -2.19. The van der Waals surface area contributed by atoms with E-state index in [1.54, 1.807) is 23.9 Å². The molecule has 0 spiro atoms. The van der Waals surface area contributed by atoms with Crippen molar-refractivity contribution in [2.45, 2.75) is 13.0 Å². The highest BCUT2D eigenvalue weighted by atomic mass is 35.5. The number of halogens is 2. The molecule has 2 rings (SSSR count). The van der Waals surface area contributed by atoms with Crippen LogP contribution in [0.5, 0.6) is 0 Å². The van der Waals surface area contributed by atoms with Crippen LogP contribution < -0.4 is 0 Å². The van der Waals surface area contributed by atoms with Crippen molar-refractivity contribution in [2.75, 3.05) is 5.75 Å². The summed E-state index contributed by atoms with van der Waals surface area (Å²) in [6, 6.07) is 6.30. The predicted molar refractivity (Wildman–Crippen MR) is 74.6 cm³/mol. The van der Waals surface area contributed by atoms with E-state index in [2.05, 4.69) is 4.99 Å². The number of rotatable bonds is 1. The van der Waals surface area contributed by atoms with Crippen molar-refractivity contribution in [3.63, 3.8) is 0 Å². The van der Waals surface area contributed by atoms with E-state index in [-0.39, 0.29) is 24.3 Å². The van der Waals surface area contributed by atoms with Crippen molar-refractivity contribution in [3.8, 4) is 0 Å². The zero-order valence-electron chi connectivity index (χ0n) is 8.64. The van der Waals surface area contributed by atoms with Gasteiger partial charge in [0.1, 0.15) is 11.9 Å². The first-order chi connectivity index (χ1) is 7.16. The van der Waals surface area contributed by atoms with Gasteiger partial charge in [0, 0.05) is 11.5 Å². The average molecular weight is 276 g/mol. The van der Waals surface area contributed by atoms with Gasteiger partial charge in [0.25, 0.3) is 0 Å². The molecule has 1 aromatic carbocycles. The van der Waals surface area contributed by atoms with Crippen molar-refractivity contribution in [2.24, 2.45) is 4.99 Å². The Bertz CT molecular complexity index is 416. The maximum absolute atomic E-state index is 12.8. The Kier molecular flexibility index (Phi) is 4.89. The van der Waals surface area contributed by atoms with E-state index in [0.29, 0.717) is 0 Å². The van der Waals surface area contributed by atoms with Gasteiger partial charge in [-0.05, 0) is 24.6 Å². The summed E-state index contributed by atoms with van der Waals surface area (Å²) in [4.78, 5) is 4.50. The van der Waals surface area contributed by atoms with Crippen molar-refractivity contribution in [3.05, 3.63) is 35.6 Å². The van der Waals surface area contributed by atoms with Gasteiger partial charge in [0.15, 0.2) is 0 Å². The van der Waals surface area contributed by atoms with Crippen molar-refractivity contribution in [1.29, 1.82) is 0 Å². The van der Waals surface area contributed by atoms with Crippen LogP contribution >= 0.6 is 36.4 Å². The van der Waals surface area contributed by atoms with E-state index in [0.717, 1.165) is 21.2 Å². The van der Waals surface area contributed by atoms with Gasteiger partial charge in [-0.3, -0.25) is 4.99 Å². The first-order valence-electron chi connectivity index (χ1n) is 4.62. The number of hydrogen-bond acceptors (Lipinski definition) is 3. The number of aliphatic imine (C=N–C) groups is 1. The molecule has 0 N–H and O–H groups in total. The summed E-state index contributed by atoms with van der Waals surface area (Å²) in [6.07, 6.45) is 0. The van der Waals surface area contributed by atoms with Crippen LogP contribution in [0.15, 0.2) is 29.3 Å². The Hall–Kier alpha value is -0.450.